The second-order valence-corrected chi connectivity index (χ2v) is 9.66. The second-order valence-electron chi connectivity index (χ2n) is 8.67. The van der Waals surface area contributed by atoms with Gasteiger partial charge in [-0.1, -0.05) is 37.0 Å². The van der Waals surface area contributed by atoms with Crippen molar-refractivity contribution in [3.63, 3.8) is 0 Å². The van der Waals surface area contributed by atoms with Gasteiger partial charge in [-0.2, -0.15) is 0 Å². The number of amides is 3. The Bertz CT molecular complexity index is 1080. The summed E-state index contributed by atoms with van der Waals surface area (Å²) < 4.78 is 2.38. The molecule has 2 aromatic rings. The first-order chi connectivity index (χ1) is 15.3. The Labute approximate surface area is 193 Å². The number of anilines is 1. The summed E-state index contributed by atoms with van der Waals surface area (Å²) in [7, 11) is 0. The summed E-state index contributed by atoms with van der Waals surface area (Å²) in [6.07, 6.45) is 7.96. The van der Waals surface area contributed by atoms with Gasteiger partial charge in [0.25, 0.3) is 11.1 Å². The lowest BCUT2D eigenvalue weighted by Crippen LogP contribution is -2.36. The monoisotopic (exact) mass is 451 g/mol. The van der Waals surface area contributed by atoms with Crippen LogP contribution < -0.4 is 5.32 Å². The minimum atomic E-state index is -0.415. The molecule has 0 unspecified atom stereocenters. The highest BCUT2D eigenvalue weighted by Gasteiger charge is 2.36. The Kier molecular flexibility index (Phi) is 6.55. The van der Waals surface area contributed by atoms with E-state index in [9.17, 15) is 14.4 Å². The number of imide groups is 1. The van der Waals surface area contributed by atoms with Crippen molar-refractivity contribution in [2.45, 2.75) is 58.9 Å². The molecule has 2 fully saturated rings. The highest BCUT2D eigenvalue weighted by molar-refractivity contribution is 8.18. The number of rotatable bonds is 5. The Morgan fingerprint density at radius 3 is 2.47 bits per heavy atom. The minimum Gasteiger partial charge on any atom is -0.346 e. The zero-order valence-corrected chi connectivity index (χ0v) is 19.6. The first-order valence-electron chi connectivity index (χ1n) is 11.1. The molecule has 2 aliphatic rings. The molecule has 3 amide bonds. The van der Waals surface area contributed by atoms with Gasteiger partial charge >= 0.3 is 0 Å². The van der Waals surface area contributed by atoms with Crippen LogP contribution in [-0.4, -0.2) is 33.1 Å². The molecule has 2 heterocycles. The average Bonchev–Trinajstić information content (AvgIpc) is 3.19. The van der Waals surface area contributed by atoms with E-state index in [1.165, 1.54) is 37.8 Å². The van der Waals surface area contributed by atoms with Crippen LogP contribution in [-0.2, 0) is 9.59 Å². The number of aryl methyl sites for hydroxylation is 2. The Hall–Kier alpha value is -2.80. The third kappa shape index (κ3) is 4.67. The van der Waals surface area contributed by atoms with Gasteiger partial charge in [0.1, 0.15) is 6.54 Å². The quantitative estimate of drug-likeness (QED) is 0.601. The first kappa shape index (κ1) is 22.4. The SMILES string of the molecule is Cc1ccc(NC(=O)CN2C(=O)S/C(=C/c3cc(C)n(C4CCCCC4)c3C)C2=O)cc1. The molecule has 0 bridgehead atoms. The van der Waals surface area contributed by atoms with Gasteiger partial charge in [-0.25, -0.2) is 0 Å². The summed E-state index contributed by atoms with van der Waals surface area (Å²) in [5.74, 6) is -0.811. The maximum Gasteiger partial charge on any atom is 0.294 e. The molecule has 7 heteroatoms. The smallest absolute Gasteiger partial charge is 0.294 e. The molecule has 4 rings (SSSR count). The lowest BCUT2D eigenvalue weighted by Gasteiger charge is -2.26. The number of benzene rings is 1. The molecule has 0 radical (unpaired) electrons. The summed E-state index contributed by atoms with van der Waals surface area (Å²) >= 11 is 0.896. The molecular weight excluding hydrogens is 422 g/mol. The van der Waals surface area contributed by atoms with Crippen LogP contribution in [0.15, 0.2) is 35.2 Å². The van der Waals surface area contributed by atoms with E-state index in [2.05, 4.69) is 29.8 Å². The zero-order valence-electron chi connectivity index (χ0n) is 18.8. The molecule has 168 valence electrons. The summed E-state index contributed by atoms with van der Waals surface area (Å²) in [6.45, 7) is 5.84. The lowest BCUT2D eigenvalue weighted by atomic mass is 9.95. The summed E-state index contributed by atoms with van der Waals surface area (Å²) in [4.78, 5) is 39.1. The number of hydrogen-bond donors (Lipinski definition) is 1. The maximum absolute atomic E-state index is 12.9. The van der Waals surface area contributed by atoms with Gasteiger partial charge in [-0.05, 0) is 75.2 Å². The van der Waals surface area contributed by atoms with Gasteiger partial charge in [-0.3, -0.25) is 19.3 Å². The van der Waals surface area contributed by atoms with E-state index in [0.717, 1.165) is 33.5 Å². The minimum absolute atomic E-state index is 0.295. The molecule has 32 heavy (non-hydrogen) atoms. The van der Waals surface area contributed by atoms with Crippen LogP contribution in [0.2, 0.25) is 0 Å². The highest BCUT2D eigenvalue weighted by atomic mass is 32.2. The van der Waals surface area contributed by atoms with E-state index in [4.69, 9.17) is 0 Å². The van der Waals surface area contributed by atoms with Crippen molar-refractivity contribution in [2.24, 2.45) is 0 Å². The lowest BCUT2D eigenvalue weighted by molar-refractivity contribution is -0.127. The van der Waals surface area contributed by atoms with Gasteiger partial charge in [-0.15, -0.1) is 0 Å². The van der Waals surface area contributed by atoms with Crippen LogP contribution >= 0.6 is 11.8 Å². The first-order valence-corrected chi connectivity index (χ1v) is 12.0. The molecule has 1 aliphatic carbocycles. The van der Waals surface area contributed by atoms with Crippen LogP contribution in [0.4, 0.5) is 10.5 Å². The van der Waals surface area contributed by atoms with E-state index in [1.54, 1.807) is 18.2 Å². The van der Waals surface area contributed by atoms with Crippen LogP contribution in [0.1, 0.15) is 60.7 Å². The molecule has 1 aliphatic heterocycles. The molecule has 1 N–H and O–H groups in total. The molecule has 0 atom stereocenters. The predicted molar refractivity (Wildman–Crippen MR) is 129 cm³/mol. The number of thioether (sulfide) groups is 1. The van der Waals surface area contributed by atoms with Gasteiger partial charge < -0.3 is 9.88 Å². The van der Waals surface area contributed by atoms with E-state index in [1.807, 2.05) is 19.1 Å². The fourth-order valence-corrected chi connectivity index (χ4v) is 5.44. The van der Waals surface area contributed by atoms with Crippen LogP contribution in [0.3, 0.4) is 0 Å². The van der Waals surface area contributed by atoms with Gasteiger partial charge in [0, 0.05) is 23.1 Å². The zero-order chi connectivity index (χ0) is 22.8. The summed E-state index contributed by atoms with van der Waals surface area (Å²) in [5, 5.41) is 2.33. The predicted octanol–water partition coefficient (Wildman–Crippen LogP) is 5.59. The van der Waals surface area contributed by atoms with E-state index in [0.29, 0.717) is 16.6 Å². The number of aromatic nitrogens is 1. The fraction of sp³-hybridized carbons (Fsp3) is 0.400. The van der Waals surface area contributed by atoms with Crippen molar-refractivity contribution >= 4 is 40.6 Å². The molecule has 6 nitrogen and oxygen atoms in total. The second kappa shape index (κ2) is 9.36. The number of carbonyl (C=O) groups excluding carboxylic acids is 3. The van der Waals surface area contributed by atoms with Crippen molar-refractivity contribution in [1.29, 1.82) is 0 Å². The standard InChI is InChI=1S/C25H29N3O3S/c1-16-9-11-20(12-10-16)26-23(29)15-27-24(30)22(32-25(27)31)14-19-13-17(2)28(18(19)3)21-7-5-4-6-8-21/h9-14,21H,4-8,15H2,1-3H3,(H,26,29)/b22-14+. The Balaban J connectivity index is 1.47. The van der Waals surface area contributed by atoms with Crippen molar-refractivity contribution in [3.8, 4) is 0 Å². The van der Waals surface area contributed by atoms with Crippen LogP contribution in [0.5, 0.6) is 0 Å². The van der Waals surface area contributed by atoms with Crippen LogP contribution in [0, 0.1) is 20.8 Å². The fourth-order valence-electron chi connectivity index (χ4n) is 4.61. The maximum atomic E-state index is 12.9. The molecular formula is C25H29N3O3S. The average molecular weight is 452 g/mol. The number of nitrogens with one attached hydrogen (secondary N) is 1. The van der Waals surface area contributed by atoms with E-state index in [-0.39, 0.29) is 6.54 Å². The third-order valence-corrected chi connectivity index (χ3v) is 7.17. The van der Waals surface area contributed by atoms with Gasteiger partial charge in [0.15, 0.2) is 0 Å². The normalized spacial score (nSPS) is 18.6. The molecule has 1 aromatic carbocycles. The van der Waals surface area contributed by atoms with E-state index >= 15 is 0 Å². The highest BCUT2D eigenvalue weighted by Crippen LogP contribution is 2.36. The van der Waals surface area contributed by atoms with Crippen molar-refractivity contribution < 1.29 is 14.4 Å². The molecule has 0 spiro atoms. The van der Waals surface area contributed by atoms with Crippen molar-refractivity contribution in [3.05, 3.63) is 57.8 Å². The molecule has 1 saturated carbocycles. The third-order valence-electron chi connectivity index (χ3n) is 6.26. The number of nitrogens with zero attached hydrogens (tertiary/aromatic N) is 2. The number of carbonyl (C=O) groups is 3. The largest absolute Gasteiger partial charge is 0.346 e. The van der Waals surface area contributed by atoms with Gasteiger partial charge in [0.05, 0.1) is 4.91 Å². The van der Waals surface area contributed by atoms with Gasteiger partial charge in [0.2, 0.25) is 5.91 Å². The summed E-state index contributed by atoms with van der Waals surface area (Å²) in [5.41, 5.74) is 4.98. The van der Waals surface area contributed by atoms with E-state index < -0.39 is 17.1 Å². The number of hydrogen-bond acceptors (Lipinski definition) is 4. The summed E-state index contributed by atoms with van der Waals surface area (Å²) in [6, 6.07) is 9.96. The Morgan fingerprint density at radius 2 is 1.78 bits per heavy atom. The Morgan fingerprint density at radius 1 is 1.09 bits per heavy atom. The van der Waals surface area contributed by atoms with Crippen molar-refractivity contribution in [2.75, 3.05) is 11.9 Å². The molecule has 1 aromatic heterocycles. The van der Waals surface area contributed by atoms with Crippen LogP contribution in [0.25, 0.3) is 6.08 Å². The topological polar surface area (TPSA) is 71.4 Å². The van der Waals surface area contributed by atoms with Crippen molar-refractivity contribution in [1.82, 2.24) is 9.47 Å². The molecule has 1 saturated heterocycles.